The van der Waals surface area contributed by atoms with E-state index in [9.17, 15) is 0 Å². The lowest BCUT2D eigenvalue weighted by atomic mass is 9.95. The van der Waals surface area contributed by atoms with Crippen molar-refractivity contribution in [2.45, 2.75) is 64.8 Å². The summed E-state index contributed by atoms with van der Waals surface area (Å²) >= 11 is 12.1. The van der Waals surface area contributed by atoms with Crippen LogP contribution in [0.25, 0.3) is 0 Å². The number of nitrogens with one attached hydrogen (secondary N) is 1. The van der Waals surface area contributed by atoms with Gasteiger partial charge in [0, 0.05) is 6.04 Å². The lowest BCUT2D eigenvalue weighted by Gasteiger charge is -2.20. The molecule has 2 atom stereocenters. The molecule has 0 aliphatic heterocycles. The van der Waals surface area contributed by atoms with Crippen LogP contribution >= 0.6 is 23.2 Å². The Kier molecular flexibility index (Phi) is 5.98. The number of hydrogen-bond acceptors (Lipinski definition) is 2. The summed E-state index contributed by atoms with van der Waals surface area (Å²) in [7, 11) is 0. The molecule has 2 nitrogen and oxygen atoms in total. The van der Waals surface area contributed by atoms with E-state index in [1.165, 1.54) is 44.9 Å². The second-order valence-electron chi connectivity index (χ2n) is 5.93. The molecule has 1 saturated carbocycles. The van der Waals surface area contributed by atoms with Crippen LogP contribution in [0.1, 0.15) is 57.4 Å². The lowest BCUT2D eigenvalue weighted by molar-refractivity contribution is 0.422. The van der Waals surface area contributed by atoms with Gasteiger partial charge in [0.1, 0.15) is 5.15 Å². The Hall–Kier alpha value is -0.470. The fourth-order valence-corrected chi connectivity index (χ4v) is 3.78. The number of anilines is 1. The summed E-state index contributed by atoms with van der Waals surface area (Å²) in [6, 6.07) is 2.38. The van der Waals surface area contributed by atoms with E-state index < -0.39 is 0 Å². The molecule has 1 aromatic heterocycles. The molecule has 20 heavy (non-hydrogen) atoms. The van der Waals surface area contributed by atoms with E-state index in [1.807, 2.05) is 13.0 Å². The molecular weight excluding hydrogens is 291 g/mol. The van der Waals surface area contributed by atoms with E-state index in [4.69, 9.17) is 23.2 Å². The predicted octanol–water partition coefficient (Wildman–Crippen LogP) is 5.86. The van der Waals surface area contributed by atoms with Crippen LogP contribution in [0.2, 0.25) is 10.3 Å². The molecule has 4 heteroatoms. The first kappa shape index (κ1) is 15.9. The highest BCUT2D eigenvalue weighted by molar-refractivity contribution is 6.34. The van der Waals surface area contributed by atoms with Crippen LogP contribution in [-0.2, 0) is 0 Å². The third-order valence-electron chi connectivity index (χ3n) is 4.27. The fraction of sp³-hybridized carbons (Fsp3) is 0.688. The summed E-state index contributed by atoms with van der Waals surface area (Å²) in [5, 5.41) is 4.54. The second-order valence-corrected chi connectivity index (χ2v) is 6.68. The highest BCUT2D eigenvalue weighted by Crippen LogP contribution is 2.32. The maximum Gasteiger partial charge on any atom is 0.154 e. The average Bonchev–Trinajstić information content (AvgIpc) is 2.60. The summed E-state index contributed by atoms with van der Waals surface area (Å²) in [5.74, 6) is 0.909. The number of aryl methyl sites for hydroxylation is 1. The maximum absolute atomic E-state index is 6.22. The van der Waals surface area contributed by atoms with Gasteiger partial charge in [-0.1, -0.05) is 55.8 Å². The molecule has 1 aliphatic carbocycles. The van der Waals surface area contributed by atoms with E-state index in [1.54, 1.807) is 0 Å². The Morgan fingerprint density at radius 3 is 2.75 bits per heavy atom. The van der Waals surface area contributed by atoms with Crippen molar-refractivity contribution in [3.05, 3.63) is 21.9 Å². The molecule has 1 N–H and O–H groups in total. The first-order chi connectivity index (χ1) is 9.60. The number of hydrogen-bond donors (Lipinski definition) is 1. The molecule has 0 bridgehead atoms. The molecule has 1 fully saturated rings. The largest absolute Gasteiger partial charge is 0.380 e. The fourth-order valence-electron chi connectivity index (χ4n) is 3.19. The molecule has 2 unspecified atom stereocenters. The van der Waals surface area contributed by atoms with Crippen molar-refractivity contribution < 1.29 is 0 Å². The van der Waals surface area contributed by atoms with Crippen LogP contribution in [0.15, 0.2) is 6.07 Å². The molecule has 0 aromatic carbocycles. The van der Waals surface area contributed by atoms with Crippen LogP contribution in [0.5, 0.6) is 0 Å². The van der Waals surface area contributed by atoms with Gasteiger partial charge in [0.25, 0.3) is 0 Å². The van der Waals surface area contributed by atoms with Crippen molar-refractivity contribution in [2.75, 3.05) is 5.32 Å². The van der Waals surface area contributed by atoms with Crippen LogP contribution in [0, 0.1) is 12.8 Å². The van der Waals surface area contributed by atoms with E-state index in [-0.39, 0.29) is 0 Å². The molecule has 0 saturated heterocycles. The zero-order chi connectivity index (χ0) is 14.5. The Morgan fingerprint density at radius 1 is 1.25 bits per heavy atom. The summed E-state index contributed by atoms with van der Waals surface area (Å²) in [5.41, 5.74) is 2.03. The number of nitrogens with zero attached hydrogens (tertiary/aromatic N) is 1. The highest BCUT2D eigenvalue weighted by atomic mass is 35.5. The molecule has 0 spiro atoms. The monoisotopic (exact) mass is 314 g/mol. The third kappa shape index (κ3) is 4.26. The molecule has 2 rings (SSSR count). The summed E-state index contributed by atoms with van der Waals surface area (Å²) in [4.78, 5) is 4.14. The van der Waals surface area contributed by atoms with Gasteiger partial charge in [-0.25, -0.2) is 4.98 Å². The molecule has 0 amide bonds. The van der Waals surface area contributed by atoms with Gasteiger partial charge >= 0.3 is 0 Å². The topological polar surface area (TPSA) is 24.9 Å². The van der Waals surface area contributed by atoms with Crippen LogP contribution in [-0.4, -0.2) is 11.0 Å². The smallest absolute Gasteiger partial charge is 0.154 e. The molecule has 112 valence electrons. The van der Waals surface area contributed by atoms with E-state index in [0.717, 1.165) is 17.2 Å². The van der Waals surface area contributed by atoms with Gasteiger partial charge < -0.3 is 5.32 Å². The zero-order valence-electron chi connectivity index (χ0n) is 12.4. The minimum atomic E-state index is 0.460. The Morgan fingerprint density at radius 2 is 2.05 bits per heavy atom. The van der Waals surface area contributed by atoms with Crippen molar-refractivity contribution in [1.82, 2.24) is 4.98 Å². The molecule has 1 aliphatic rings. The van der Waals surface area contributed by atoms with E-state index in [0.29, 0.717) is 16.3 Å². The second kappa shape index (κ2) is 7.51. The van der Waals surface area contributed by atoms with E-state index >= 15 is 0 Å². The van der Waals surface area contributed by atoms with Crippen molar-refractivity contribution in [1.29, 1.82) is 0 Å². The molecular formula is C16H24Cl2N2. The van der Waals surface area contributed by atoms with Crippen LogP contribution in [0.3, 0.4) is 0 Å². The predicted molar refractivity (Wildman–Crippen MR) is 87.9 cm³/mol. The van der Waals surface area contributed by atoms with Gasteiger partial charge in [-0.05, 0) is 43.7 Å². The lowest BCUT2D eigenvalue weighted by Crippen LogP contribution is -2.19. The highest BCUT2D eigenvalue weighted by Gasteiger charge is 2.20. The van der Waals surface area contributed by atoms with Gasteiger partial charge in [0.05, 0.1) is 5.69 Å². The summed E-state index contributed by atoms with van der Waals surface area (Å²) < 4.78 is 0. The standard InChI is InChI=1S/C16H24Cl2N2/c1-3-5-12-6-4-7-13(9-8-12)19-15-11(2)10-14(17)20-16(15)18/h10,12-13,19H,3-9H2,1-2H3. The number of rotatable bonds is 4. The normalized spacial score (nSPS) is 23.4. The Labute approximate surface area is 132 Å². The minimum Gasteiger partial charge on any atom is -0.380 e. The number of pyridine rings is 1. The third-order valence-corrected chi connectivity index (χ3v) is 4.74. The van der Waals surface area contributed by atoms with Gasteiger partial charge in [-0.15, -0.1) is 0 Å². The minimum absolute atomic E-state index is 0.460. The number of aromatic nitrogens is 1. The van der Waals surface area contributed by atoms with Crippen LogP contribution < -0.4 is 5.32 Å². The summed E-state index contributed by atoms with van der Waals surface area (Å²) in [6.45, 7) is 4.31. The van der Waals surface area contributed by atoms with Gasteiger partial charge in [0.2, 0.25) is 0 Å². The SMILES string of the molecule is CCCC1CCCC(Nc2c(C)cc(Cl)nc2Cl)CC1. The van der Waals surface area contributed by atoms with Gasteiger partial charge in [0.15, 0.2) is 5.15 Å². The Bertz CT molecular complexity index is 425. The van der Waals surface area contributed by atoms with E-state index in [2.05, 4.69) is 17.2 Å². The van der Waals surface area contributed by atoms with Crippen molar-refractivity contribution >= 4 is 28.9 Å². The van der Waals surface area contributed by atoms with Crippen molar-refractivity contribution in [3.8, 4) is 0 Å². The number of halogens is 2. The van der Waals surface area contributed by atoms with Gasteiger partial charge in [-0.2, -0.15) is 0 Å². The van der Waals surface area contributed by atoms with Crippen molar-refractivity contribution in [3.63, 3.8) is 0 Å². The quantitative estimate of drug-likeness (QED) is 0.556. The first-order valence-corrected chi connectivity index (χ1v) is 8.45. The van der Waals surface area contributed by atoms with Crippen molar-refractivity contribution in [2.24, 2.45) is 5.92 Å². The molecule has 1 heterocycles. The maximum atomic E-state index is 6.22. The first-order valence-electron chi connectivity index (χ1n) is 7.69. The van der Waals surface area contributed by atoms with Crippen LogP contribution in [0.4, 0.5) is 5.69 Å². The van der Waals surface area contributed by atoms with Gasteiger partial charge in [-0.3, -0.25) is 0 Å². The Balaban J connectivity index is 2.00. The molecule has 0 radical (unpaired) electrons. The zero-order valence-corrected chi connectivity index (χ0v) is 13.9. The average molecular weight is 315 g/mol. The summed E-state index contributed by atoms with van der Waals surface area (Å²) in [6.07, 6.45) is 9.12. The molecule has 1 aromatic rings.